The molecule has 49 heavy (non-hydrogen) atoms. The fourth-order valence-corrected chi connectivity index (χ4v) is 5.63. The summed E-state index contributed by atoms with van der Waals surface area (Å²) in [5, 5.41) is 26.5. The largest absolute Gasteiger partial charge is 0.491 e. The van der Waals surface area contributed by atoms with Gasteiger partial charge in [-0.15, -0.1) is 0 Å². The van der Waals surface area contributed by atoms with E-state index in [0.29, 0.717) is 17.7 Å². The topological polar surface area (TPSA) is 204 Å². The lowest BCUT2D eigenvalue weighted by Gasteiger charge is -2.29. The van der Waals surface area contributed by atoms with E-state index in [9.17, 15) is 33.9 Å². The molecule has 0 saturated carbocycles. The third-order valence-corrected chi connectivity index (χ3v) is 8.49. The van der Waals surface area contributed by atoms with Crippen LogP contribution in [0.15, 0.2) is 54.6 Å². The fourth-order valence-electron chi connectivity index (χ4n) is 5.63. The Morgan fingerprint density at radius 3 is 2.10 bits per heavy atom. The maximum absolute atomic E-state index is 13.6. The third kappa shape index (κ3) is 10.5. The molecule has 1 saturated heterocycles. The number of carbonyl (C=O) groups excluding carboxylic acids is 6. The van der Waals surface area contributed by atoms with Gasteiger partial charge in [0.2, 0.25) is 35.4 Å². The van der Waals surface area contributed by atoms with Gasteiger partial charge in [0.25, 0.3) is 0 Å². The van der Waals surface area contributed by atoms with E-state index in [1.807, 2.05) is 30.3 Å². The average molecular weight is 679 g/mol. The smallest absolute Gasteiger partial charge is 0.245 e. The summed E-state index contributed by atoms with van der Waals surface area (Å²) in [4.78, 5) is 78.5. The molecule has 264 valence electrons. The number of fused-ring (bicyclic) bond motifs is 17. The molecule has 14 heteroatoms. The van der Waals surface area contributed by atoms with Crippen molar-refractivity contribution in [1.29, 1.82) is 0 Å². The Bertz CT molecular complexity index is 1500. The maximum atomic E-state index is 13.6. The van der Waals surface area contributed by atoms with E-state index in [1.54, 1.807) is 38.1 Å². The number of carbonyl (C=O) groups is 6. The van der Waals surface area contributed by atoms with E-state index in [4.69, 9.17) is 4.74 Å². The van der Waals surface area contributed by atoms with Gasteiger partial charge in [-0.05, 0) is 55.9 Å². The van der Waals surface area contributed by atoms with Crippen LogP contribution in [-0.4, -0.2) is 89.5 Å². The van der Waals surface area contributed by atoms with Crippen LogP contribution in [0.5, 0.6) is 5.75 Å². The molecule has 0 aromatic heterocycles. The average Bonchev–Trinajstić information content (AvgIpc) is 3.51. The van der Waals surface area contributed by atoms with E-state index in [2.05, 4.69) is 31.9 Å². The van der Waals surface area contributed by atoms with Crippen molar-refractivity contribution in [3.63, 3.8) is 0 Å². The zero-order valence-electron chi connectivity index (χ0n) is 28.2. The highest BCUT2D eigenvalue weighted by Crippen LogP contribution is 2.16. The van der Waals surface area contributed by atoms with Crippen molar-refractivity contribution in [2.24, 2.45) is 5.92 Å². The zero-order valence-corrected chi connectivity index (χ0v) is 28.2. The number of nitrogens with one attached hydrogen (secondary N) is 6. The Morgan fingerprint density at radius 1 is 0.837 bits per heavy atom. The molecular formula is C35H46N6O8. The van der Waals surface area contributed by atoms with Gasteiger partial charge in [0.1, 0.15) is 42.6 Å². The van der Waals surface area contributed by atoms with Crippen LogP contribution in [0, 0.1) is 5.92 Å². The highest BCUT2D eigenvalue weighted by atomic mass is 16.5. The molecule has 3 aliphatic heterocycles. The van der Waals surface area contributed by atoms with E-state index < -0.39 is 71.9 Å². The minimum Gasteiger partial charge on any atom is -0.491 e. The number of benzene rings is 2. The predicted octanol–water partition coefficient (Wildman–Crippen LogP) is -0.376. The summed E-state index contributed by atoms with van der Waals surface area (Å²) in [7, 11) is 0. The molecule has 5 rings (SSSR count). The van der Waals surface area contributed by atoms with Crippen molar-refractivity contribution in [2.45, 2.75) is 95.7 Å². The van der Waals surface area contributed by atoms with Gasteiger partial charge >= 0.3 is 0 Å². The van der Waals surface area contributed by atoms with Crippen LogP contribution in [-0.2, 0) is 41.6 Å². The molecule has 7 atom stereocenters. The van der Waals surface area contributed by atoms with Crippen LogP contribution < -0.4 is 36.6 Å². The first-order valence-electron chi connectivity index (χ1n) is 16.6. The van der Waals surface area contributed by atoms with E-state index >= 15 is 0 Å². The monoisotopic (exact) mass is 678 g/mol. The number of ether oxygens (including phenoxy) is 1. The lowest BCUT2D eigenvalue weighted by Crippen LogP contribution is -2.61. The summed E-state index contributed by atoms with van der Waals surface area (Å²) in [6, 6.07) is 10.4. The number of aliphatic hydroxyl groups excluding tert-OH is 1. The van der Waals surface area contributed by atoms with Gasteiger partial charge in [0.15, 0.2) is 0 Å². The predicted molar refractivity (Wildman–Crippen MR) is 179 cm³/mol. The van der Waals surface area contributed by atoms with E-state index in [-0.39, 0.29) is 37.7 Å². The Labute approximate surface area is 285 Å². The first-order chi connectivity index (χ1) is 23.3. The highest BCUT2D eigenvalue weighted by Gasteiger charge is 2.35. The molecule has 0 radical (unpaired) electrons. The SMILES string of the molecule is CC(C)[C@H]1NC(=O)[C@H]([C@@H](C)O)NC(=O)[C@@H](C)NC(=O)[C@@H](NC(=O)[C@H]2CCC(=O)N2)Cc2ccc(cc2)OC[C@H](Cc2ccccc2)NC1=O. The van der Waals surface area contributed by atoms with Gasteiger partial charge in [-0.2, -0.15) is 0 Å². The molecule has 7 N–H and O–H groups in total. The number of hydrogen-bond donors (Lipinski definition) is 7. The molecular weight excluding hydrogens is 632 g/mol. The van der Waals surface area contributed by atoms with Crippen molar-refractivity contribution < 1.29 is 38.6 Å². The summed E-state index contributed by atoms with van der Waals surface area (Å²) in [5.41, 5.74) is 1.63. The molecule has 0 unspecified atom stereocenters. The lowest BCUT2D eigenvalue weighted by molar-refractivity contribution is -0.136. The van der Waals surface area contributed by atoms with Gasteiger partial charge in [-0.3, -0.25) is 28.8 Å². The molecule has 3 heterocycles. The van der Waals surface area contributed by atoms with Crippen LogP contribution in [0.25, 0.3) is 0 Å². The number of hydrogen-bond acceptors (Lipinski definition) is 8. The molecule has 0 spiro atoms. The molecule has 6 amide bonds. The van der Waals surface area contributed by atoms with Crippen LogP contribution in [0.3, 0.4) is 0 Å². The van der Waals surface area contributed by atoms with Crippen molar-refractivity contribution >= 4 is 35.4 Å². The zero-order chi connectivity index (χ0) is 35.7. The van der Waals surface area contributed by atoms with Crippen molar-refractivity contribution in [3.8, 4) is 5.75 Å². The summed E-state index contributed by atoms with van der Waals surface area (Å²) < 4.78 is 6.08. The number of aliphatic hydroxyl groups is 1. The summed E-state index contributed by atoms with van der Waals surface area (Å²) in [6.45, 7) is 6.34. The quantitative estimate of drug-likeness (QED) is 0.200. The first-order valence-corrected chi connectivity index (χ1v) is 16.6. The van der Waals surface area contributed by atoms with Gasteiger partial charge in [-0.25, -0.2) is 0 Å². The van der Waals surface area contributed by atoms with Crippen LogP contribution >= 0.6 is 0 Å². The van der Waals surface area contributed by atoms with Gasteiger partial charge in [-0.1, -0.05) is 56.3 Å². The van der Waals surface area contributed by atoms with E-state index in [1.165, 1.54) is 13.8 Å². The van der Waals surface area contributed by atoms with Gasteiger partial charge in [0.05, 0.1) is 12.1 Å². The lowest BCUT2D eigenvalue weighted by atomic mass is 10.0. The van der Waals surface area contributed by atoms with E-state index in [0.717, 1.165) is 5.56 Å². The minimum atomic E-state index is -1.45. The Hall–Kier alpha value is -4.98. The van der Waals surface area contributed by atoms with Crippen molar-refractivity contribution in [3.05, 3.63) is 65.7 Å². The maximum Gasteiger partial charge on any atom is 0.245 e. The summed E-state index contributed by atoms with van der Waals surface area (Å²) in [5.74, 6) is -3.34. The molecule has 0 aliphatic carbocycles. The molecule has 1 fully saturated rings. The molecule has 2 aromatic rings. The Morgan fingerprint density at radius 2 is 1.49 bits per heavy atom. The third-order valence-electron chi connectivity index (χ3n) is 8.49. The first kappa shape index (κ1) is 36.8. The van der Waals surface area contributed by atoms with Gasteiger partial charge in [0, 0.05) is 12.8 Å². The number of amides is 6. The molecule has 14 nitrogen and oxygen atoms in total. The molecule has 3 aliphatic rings. The fraction of sp³-hybridized carbons (Fsp3) is 0.486. The minimum absolute atomic E-state index is 0.0504. The summed E-state index contributed by atoms with van der Waals surface area (Å²) >= 11 is 0. The van der Waals surface area contributed by atoms with Crippen molar-refractivity contribution in [2.75, 3.05) is 6.61 Å². The molecule has 2 bridgehead atoms. The van der Waals surface area contributed by atoms with Crippen LogP contribution in [0.4, 0.5) is 0 Å². The Kier molecular flexibility index (Phi) is 12.7. The highest BCUT2D eigenvalue weighted by molar-refractivity contribution is 5.97. The van der Waals surface area contributed by atoms with Crippen molar-refractivity contribution in [1.82, 2.24) is 31.9 Å². The second kappa shape index (κ2) is 16.9. The Balaban J connectivity index is 1.64. The van der Waals surface area contributed by atoms with Crippen LogP contribution in [0.1, 0.15) is 51.7 Å². The second-order valence-electron chi connectivity index (χ2n) is 13.0. The number of rotatable bonds is 6. The summed E-state index contributed by atoms with van der Waals surface area (Å²) in [6.07, 6.45) is -0.383. The standard InChI is InChI=1S/C35H46N6O8/c1-19(2)29-34(47)37-24(16-22-8-6-5-7-9-22)18-49-25-12-10-23(11-13-25)17-27(39-32(45)26-14-15-28(43)38-26)33(46)36-20(3)31(44)41-30(21(4)42)35(48)40-29/h5-13,19-21,24,26-27,29-30,42H,14-18H2,1-4H3,(H,36,46)(H,37,47)(H,38,43)(H,39,45)(H,40,48)(H,41,44)/t20-,21-,24+,26-,27+,29-,30+/m1/s1. The van der Waals surface area contributed by atoms with Crippen LogP contribution in [0.2, 0.25) is 0 Å². The molecule has 2 aromatic carbocycles. The normalized spacial score (nSPS) is 26.4. The second-order valence-corrected chi connectivity index (χ2v) is 13.0. The van der Waals surface area contributed by atoms with Gasteiger partial charge < -0.3 is 41.7 Å².